The maximum absolute atomic E-state index is 13.4. The van der Waals surface area contributed by atoms with Crippen molar-refractivity contribution in [1.29, 1.82) is 0 Å². The highest BCUT2D eigenvalue weighted by Crippen LogP contribution is 2.29. The maximum atomic E-state index is 13.4. The van der Waals surface area contributed by atoms with Crippen molar-refractivity contribution in [3.63, 3.8) is 0 Å². The quantitative estimate of drug-likeness (QED) is 0.282. The summed E-state index contributed by atoms with van der Waals surface area (Å²) in [6.07, 6.45) is 4.54. The molecule has 0 aliphatic heterocycles. The van der Waals surface area contributed by atoms with Crippen LogP contribution in [0.3, 0.4) is 0 Å². The van der Waals surface area contributed by atoms with E-state index in [2.05, 4.69) is 16.0 Å². The monoisotopic (exact) mass is 513 g/mol. The second-order valence-electron chi connectivity index (χ2n) is 10.2. The Labute approximate surface area is 223 Å². The third-order valence-electron chi connectivity index (χ3n) is 7.21. The van der Waals surface area contributed by atoms with Gasteiger partial charge in [-0.1, -0.05) is 73.4 Å². The number of nitrogens with one attached hydrogen (secondary N) is 3. The molecule has 1 aliphatic rings. The molecular formula is C31H35N3O4. The van der Waals surface area contributed by atoms with Crippen molar-refractivity contribution >= 4 is 29.3 Å². The minimum atomic E-state index is -1.04. The van der Waals surface area contributed by atoms with Gasteiger partial charge in [0.1, 0.15) is 6.04 Å². The van der Waals surface area contributed by atoms with E-state index in [-0.39, 0.29) is 11.5 Å². The number of anilines is 2. The van der Waals surface area contributed by atoms with Gasteiger partial charge in [-0.3, -0.25) is 4.79 Å². The Morgan fingerprint density at radius 2 is 1.47 bits per heavy atom. The summed E-state index contributed by atoms with van der Waals surface area (Å²) in [7, 11) is 0. The van der Waals surface area contributed by atoms with Crippen molar-refractivity contribution in [2.45, 2.75) is 58.9 Å². The minimum Gasteiger partial charge on any atom is -0.480 e. The molecule has 0 heterocycles. The molecule has 0 bridgehead atoms. The highest BCUT2D eigenvalue weighted by molar-refractivity contribution is 6.08. The largest absolute Gasteiger partial charge is 0.480 e. The molecule has 3 aromatic rings. The van der Waals surface area contributed by atoms with Gasteiger partial charge < -0.3 is 21.1 Å². The van der Waals surface area contributed by atoms with Crippen molar-refractivity contribution in [2.75, 3.05) is 10.6 Å². The van der Waals surface area contributed by atoms with Crippen molar-refractivity contribution in [3.05, 3.63) is 82.9 Å². The Hall–Kier alpha value is -4.13. The molecule has 3 amide bonds. The summed E-state index contributed by atoms with van der Waals surface area (Å²) in [6, 6.07) is 17.4. The summed E-state index contributed by atoms with van der Waals surface area (Å²) in [5, 5.41) is 18.4. The van der Waals surface area contributed by atoms with Crippen LogP contribution in [0.4, 0.5) is 16.2 Å². The lowest BCUT2D eigenvalue weighted by Gasteiger charge is -2.28. The molecule has 4 rings (SSSR count). The summed E-state index contributed by atoms with van der Waals surface area (Å²) in [5.74, 6) is -1.68. The SMILES string of the molecule is Cc1cc(C)c(NC(=O)Nc2cc(-c3ccccc3)ccc2C(=O)NC(C(=O)O)C2CCCCC2)c(C)c1. The molecule has 7 heteroatoms. The van der Waals surface area contributed by atoms with Crippen molar-refractivity contribution < 1.29 is 19.5 Å². The molecule has 4 N–H and O–H groups in total. The zero-order valence-electron chi connectivity index (χ0n) is 22.1. The number of benzene rings is 3. The first-order chi connectivity index (χ1) is 18.2. The molecular weight excluding hydrogens is 478 g/mol. The fourth-order valence-corrected chi connectivity index (χ4v) is 5.37. The van der Waals surface area contributed by atoms with Crippen LogP contribution >= 0.6 is 0 Å². The molecule has 3 aromatic carbocycles. The van der Waals surface area contributed by atoms with E-state index >= 15 is 0 Å². The molecule has 7 nitrogen and oxygen atoms in total. The van der Waals surface area contributed by atoms with Crippen LogP contribution in [0.15, 0.2) is 60.7 Å². The van der Waals surface area contributed by atoms with Crippen molar-refractivity contribution in [3.8, 4) is 11.1 Å². The lowest BCUT2D eigenvalue weighted by molar-refractivity contribution is -0.141. The molecule has 0 radical (unpaired) electrons. The summed E-state index contributed by atoms with van der Waals surface area (Å²) in [4.78, 5) is 38.6. The summed E-state index contributed by atoms with van der Waals surface area (Å²) in [6.45, 7) is 5.87. The smallest absolute Gasteiger partial charge is 0.326 e. The van der Waals surface area contributed by atoms with Gasteiger partial charge in [-0.2, -0.15) is 0 Å². The number of urea groups is 1. The van der Waals surface area contributed by atoms with Crippen LogP contribution in [-0.2, 0) is 4.79 Å². The maximum Gasteiger partial charge on any atom is 0.326 e. The van der Waals surface area contributed by atoms with Gasteiger partial charge in [0, 0.05) is 5.69 Å². The predicted octanol–water partition coefficient (Wildman–Crippen LogP) is 6.69. The van der Waals surface area contributed by atoms with Crippen LogP contribution in [0.1, 0.15) is 59.2 Å². The number of carbonyl (C=O) groups is 3. The summed E-state index contributed by atoms with van der Waals surface area (Å²) in [5.41, 5.74) is 5.95. The van der Waals surface area contributed by atoms with E-state index in [9.17, 15) is 19.5 Å². The zero-order valence-corrected chi connectivity index (χ0v) is 22.1. The number of amides is 3. The van der Waals surface area contributed by atoms with Gasteiger partial charge in [0.2, 0.25) is 0 Å². The van der Waals surface area contributed by atoms with E-state index in [4.69, 9.17) is 0 Å². The highest BCUT2D eigenvalue weighted by Gasteiger charge is 2.31. The first kappa shape index (κ1) is 26.9. The summed E-state index contributed by atoms with van der Waals surface area (Å²) >= 11 is 0. The van der Waals surface area contributed by atoms with Crippen molar-refractivity contribution in [1.82, 2.24) is 5.32 Å². The number of aliphatic carboxylic acids is 1. The second kappa shape index (κ2) is 11.9. The molecule has 1 fully saturated rings. The molecule has 0 aromatic heterocycles. The molecule has 1 saturated carbocycles. The third kappa shape index (κ3) is 6.40. The first-order valence-electron chi connectivity index (χ1n) is 13.1. The number of hydrogen-bond acceptors (Lipinski definition) is 3. The van der Waals surface area contributed by atoms with Gasteiger partial charge in [-0.15, -0.1) is 0 Å². The van der Waals surface area contributed by atoms with Gasteiger partial charge in [0.05, 0.1) is 11.3 Å². The van der Waals surface area contributed by atoms with Crippen LogP contribution in [-0.4, -0.2) is 29.1 Å². The van der Waals surface area contributed by atoms with E-state index in [0.29, 0.717) is 11.4 Å². The van der Waals surface area contributed by atoms with E-state index in [1.165, 1.54) is 0 Å². The normalized spacial score (nSPS) is 14.4. The molecule has 38 heavy (non-hydrogen) atoms. The number of hydrogen-bond donors (Lipinski definition) is 4. The van der Waals surface area contributed by atoms with Crippen LogP contribution < -0.4 is 16.0 Å². The minimum absolute atomic E-state index is 0.110. The Kier molecular flexibility index (Phi) is 8.46. The zero-order chi connectivity index (χ0) is 27.2. The van der Waals surface area contributed by atoms with Crippen LogP contribution in [0.5, 0.6) is 0 Å². The second-order valence-corrected chi connectivity index (χ2v) is 10.2. The Bertz CT molecular complexity index is 1310. The van der Waals surface area contributed by atoms with Gasteiger partial charge in [0.25, 0.3) is 5.91 Å². The molecule has 0 saturated heterocycles. The number of carboxylic acid groups (broad SMARTS) is 1. The Morgan fingerprint density at radius 3 is 2.11 bits per heavy atom. The van der Waals surface area contributed by atoms with E-state index < -0.39 is 23.9 Å². The standard InChI is InChI=1S/C31H35N3O4/c1-19-16-20(2)27(21(3)17-19)34-31(38)32-26-18-24(22-10-6-4-7-11-22)14-15-25(26)29(35)33-28(30(36)37)23-12-8-5-9-13-23/h4,6-7,10-11,14-18,23,28H,5,8-9,12-13H2,1-3H3,(H,33,35)(H,36,37)(H2,32,34,38). The Balaban J connectivity index is 1.63. The Morgan fingerprint density at radius 1 is 0.816 bits per heavy atom. The number of carboxylic acids is 1. The third-order valence-corrected chi connectivity index (χ3v) is 7.21. The van der Waals surface area contributed by atoms with E-state index in [1.54, 1.807) is 18.2 Å². The molecule has 0 spiro atoms. The average molecular weight is 514 g/mol. The number of aryl methyl sites for hydroxylation is 3. The molecule has 1 aliphatic carbocycles. The number of carbonyl (C=O) groups excluding carboxylic acids is 2. The lowest BCUT2D eigenvalue weighted by atomic mass is 9.83. The lowest BCUT2D eigenvalue weighted by Crippen LogP contribution is -2.46. The van der Waals surface area contributed by atoms with Gasteiger partial charge >= 0.3 is 12.0 Å². The van der Waals surface area contributed by atoms with Crippen LogP contribution in [0, 0.1) is 26.7 Å². The molecule has 1 atom stereocenters. The predicted molar refractivity (Wildman–Crippen MR) is 151 cm³/mol. The summed E-state index contributed by atoms with van der Waals surface area (Å²) < 4.78 is 0. The van der Waals surface area contributed by atoms with Gasteiger partial charge in [-0.05, 0) is 73.9 Å². The van der Waals surface area contributed by atoms with Crippen LogP contribution in [0.2, 0.25) is 0 Å². The fraction of sp³-hybridized carbons (Fsp3) is 0.323. The number of rotatable bonds is 7. The molecule has 198 valence electrons. The van der Waals surface area contributed by atoms with Gasteiger partial charge in [0.15, 0.2) is 0 Å². The average Bonchev–Trinajstić information content (AvgIpc) is 2.90. The fourth-order valence-electron chi connectivity index (χ4n) is 5.37. The van der Waals surface area contributed by atoms with Crippen molar-refractivity contribution in [2.24, 2.45) is 5.92 Å². The van der Waals surface area contributed by atoms with Gasteiger partial charge in [-0.25, -0.2) is 9.59 Å². The van der Waals surface area contributed by atoms with E-state index in [0.717, 1.165) is 59.9 Å². The topological polar surface area (TPSA) is 108 Å². The van der Waals surface area contributed by atoms with Crippen LogP contribution in [0.25, 0.3) is 11.1 Å². The first-order valence-corrected chi connectivity index (χ1v) is 13.1. The van der Waals surface area contributed by atoms with E-state index in [1.807, 2.05) is 63.2 Å². The highest BCUT2D eigenvalue weighted by atomic mass is 16.4. The molecule has 1 unspecified atom stereocenters.